The Kier molecular flexibility index (Phi) is 3.43. The monoisotopic (exact) mass is 182 g/mol. The van der Waals surface area contributed by atoms with Crippen LogP contribution in [0.2, 0.25) is 0 Å². The lowest BCUT2D eigenvalue weighted by Gasteiger charge is -2.06. The third-order valence-corrected chi connectivity index (χ3v) is 1.64. The van der Waals surface area contributed by atoms with E-state index in [9.17, 15) is 9.18 Å². The SMILES string of the molecule is Cc1ccc(F)cc1OCCC=O. The molecule has 0 aliphatic rings. The molecule has 2 nitrogen and oxygen atoms in total. The first-order valence-electron chi connectivity index (χ1n) is 4.06. The van der Waals surface area contributed by atoms with Gasteiger partial charge in [-0.15, -0.1) is 0 Å². The molecule has 0 amide bonds. The normalized spacial score (nSPS) is 9.69. The molecule has 0 unspecified atom stereocenters. The number of halogens is 1. The van der Waals surface area contributed by atoms with E-state index in [4.69, 9.17) is 4.74 Å². The van der Waals surface area contributed by atoms with Gasteiger partial charge in [-0.1, -0.05) is 6.07 Å². The molecule has 0 radical (unpaired) electrons. The van der Waals surface area contributed by atoms with Gasteiger partial charge in [-0.05, 0) is 18.6 Å². The molecule has 0 saturated heterocycles. The molecule has 70 valence electrons. The van der Waals surface area contributed by atoms with Crippen molar-refractivity contribution >= 4 is 6.29 Å². The number of benzene rings is 1. The maximum Gasteiger partial charge on any atom is 0.126 e. The van der Waals surface area contributed by atoms with E-state index < -0.39 is 0 Å². The van der Waals surface area contributed by atoms with Crippen LogP contribution in [0.1, 0.15) is 12.0 Å². The molecule has 0 atom stereocenters. The molecule has 1 aromatic rings. The number of carbonyl (C=O) groups is 1. The van der Waals surface area contributed by atoms with Crippen LogP contribution in [-0.4, -0.2) is 12.9 Å². The van der Waals surface area contributed by atoms with Gasteiger partial charge in [0.1, 0.15) is 17.9 Å². The van der Waals surface area contributed by atoms with Crippen LogP contribution >= 0.6 is 0 Å². The van der Waals surface area contributed by atoms with Crippen molar-refractivity contribution in [3.63, 3.8) is 0 Å². The number of aryl methyl sites for hydroxylation is 1. The van der Waals surface area contributed by atoms with Gasteiger partial charge in [0.2, 0.25) is 0 Å². The Labute approximate surface area is 76.3 Å². The number of ether oxygens (including phenoxy) is 1. The van der Waals surface area contributed by atoms with Gasteiger partial charge in [-0.2, -0.15) is 0 Å². The fraction of sp³-hybridized carbons (Fsp3) is 0.300. The van der Waals surface area contributed by atoms with Crippen LogP contribution in [0.25, 0.3) is 0 Å². The van der Waals surface area contributed by atoms with Crippen molar-refractivity contribution in [1.82, 2.24) is 0 Å². The van der Waals surface area contributed by atoms with Crippen LogP contribution in [0.3, 0.4) is 0 Å². The Morgan fingerprint density at radius 1 is 1.54 bits per heavy atom. The summed E-state index contributed by atoms with van der Waals surface area (Å²) >= 11 is 0. The molecule has 1 aromatic carbocycles. The second kappa shape index (κ2) is 4.60. The van der Waals surface area contributed by atoms with E-state index in [1.807, 2.05) is 6.92 Å². The van der Waals surface area contributed by atoms with Crippen molar-refractivity contribution in [2.45, 2.75) is 13.3 Å². The number of aldehydes is 1. The molecule has 13 heavy (non-hydrogen) atoms. The van der Waals surface area contributed by atoms with E-state index in [1.54, 1.807) is 6.07 Å². The highest BCUT2D eigenvalue weighted by molar-refractivity contribution is 5.49. The summed E-state index contributed by atoms with van der Waals surface area (Å²) in [7, 11) is 0. The van der Waals surface area contributed by atoms with Crippen LogP contribution in [0.5, 0.6) is 5.75 Å². The van der Waals surface area contributed by atoms with Gasteiger partial charge in [0.25, 0.3) is 0 Å². The summed E-state index contributed by atoms with van der Waals surface area (Å²) in [4.78, 5) is 9.99. The molecule has 0 aliphatic carbocycles. The van der Waals surface area contributed by atoms with E-state index >= 15 is 0 Å². The lowest BCUT2D eigenvalue weighted by Crippen LogP contribution is -1.99. The maximum atomic E-state index is 12.7. The van der Waals surface area contributed by atoms with Crippen molar-refractivity contribution in [3.8, 4) is 5.75 Å². The third-order valence-electron chi connectivity index (χ3n) is 1.64. The highest BCUT2D eigenvalue weighted by Crippen LogP contribution is 2.18. The quantitative estimate of drug-likeness (QED) is 0.526. The van der Waals surface area contributed by atoms with Gasteiger partial charge in [0.05, 0.1) is 6.61 Å². The van der Waals surface area contributed by atoms with Crippen molar-refractivity contribution in [1.29, 1.82) is 0 Å². The van der Waals surface area contributed by atoms with Crippen LogP contribution in [0.4, 0.5) is 4.39 Å². The van der Waals surface area contributed by atoms with E-state index in [0.29, 0.717) is 18.8 Å². The predicted molar refractivity (Wildman–Crippen MR) is 47.3 cm³/mol. The lowest BCUT2D eigenvalue weighted by molar-refractivity contribution is -0.108. The molecule has 0 N–H and O–H groups in total. The van der Waals surface area contributed by atoms with Gasteiger partial charge in [-0.3, -0.25) is 0 Å². The molecular formula is C10H11FO2. The zero-order valence-corrected chi connectivity index (χ0v) is 7.42. The first kappa shape index (κ1) is 9.71. The molecule has 0 aliphatic heterocycles. The number of rotatable bonds is 4. The fourth-order valence-electron chi connectivity index (χ4n) is 0.946. The van der Waals surface area contributed by atoms with Crippen LogP contribution in [-0.2, 0) is 4.79 Å². The van der Waals surface area contributed by atoms with E-state index in [1.165, 1.54) is 12.1 Å². The van der Waals surface area contributed by atoms with Crippen molar-refractivity contribution in [3.05, 3.63) is 29.6 Å². The first-order chi connectivity index (χ1) is 6.24. The number of hydrogen-bond donors (Lipinski definition) is 0. The van der Waals surface area contributed by atoms with Gasteiger partial charge in [-0.25, -0.2) is 4.39 Å². The summed E-state index contributed by atoms with van der Waals surface area (Å²) in [6.45, 7) is 2.13. The van der Waals surface area contributed by atoms with E-state index in [2.05, 4.69) is 0 Å². The first-order valence-corrected chi connectivity index (χ1v) is 4.06. The topological polar surface area (TPSA) is 26.3 Å². The summed E-state index contributed by atoms with van der Waals surface area (Å²) in [5.74, 6) is 0.175. The molecule has 0 spiro atoms. The average Bonchev–Trinajstić information content (AvgIpc) is 2.11. The van der Waals surface area contributed by atoms with Crippen molar-refractivity contribution in [2.75, 3.05) is 6.61 Å². The molecule has 0 fully saturated rings. The Morgan fingerprint density at radius 2 is 2.31 bits per heavy atom. The number of carbonyl (C=O) groups excluding carboxylic acids is 1. The van der Waals surface area contributed by atoms with Crippen LogP contribution in [0.15, 0.2) is 18.2 Å². The minimum atomic E-state index is -0.327. The van der Waals surface area contributed by atoms with Gasteiger partial charge in [0.15, 0.2) is 0 Å². The molecule has 0 aromatic heterocycles. The Hall–Kier alpha value is -1.38. The van der Waals surface area contributed by atoms with E-state index in [0.717, 1.165) is 11.8 Å². The molecule has 1 rings (SSSR count). The standard InChI is InChI=1S/C10H11FO2/c1-8-3-4-9(11)7-10(8)13-6-2-5-12/h3-5,7H,2,6H2,1H3. The maximum absolute atomic E-state index is 12.7. The minimum absolute atomic E-state index is 0.299. The average molecular weight is 182 g/mol. The molecular weight excluding hydrogens is 171 g/mol. The fourth-order valence-corrected chi connectivity index (χ4v) is 0.946. The predicted octanol–water partition coefficient (Wildman–Crippen LogP) is 2.10. The minimum Gasteiger partial charge on any atom is -0.493 e. The van der Waals surface area contributed by atoms with Crippen LogP contribution in [0, 0.1) is 12.7 Å². The lowest BCUT2D eigenvalue weighted by atomic mass is 10.2. The summed E-state index contributed by atoms with van der Waals surface area (Å²) in [6.07, 6.45) is 1.10. The Bertz CT molecular complexity index is 297. The molecule has 0 bridgehead atoms. The zero-order chi connectivity index (χ0) is 9.68. The third kappa shape index (κ3) is 2.86. The largest absolute Gasteiger partial charge is 0.493 e. The van der Waals surface area contributed by atoms with Gasteiger partial charge < -0.3 is 9.53 Å². The molecule has 0 heterocycles. The molecule has 0 saturated carbocycles. The Morgan fingerprint density at radius 3 is 3.00 bits per heavy atom. The zero-order valence-electron chi connectivity index (χ0n) is 7.42. The highest BCUT2D eigenvalue weighted by Gasteiger charge is 2.00. The summed E-state index contributed by atoms with van der Waals surface area (Å²) < 4.78 is 17.9. The second-order valence-corrected chi connectivity index (χ2v) is 2.71. The number of hydrogen-bond acceptors (Lipinski definition) is 2. The summed E-state index contributed by atoms with van der Waals surface area (Å²) in [5, 5.41) is 0. The van der Waals surface area contributed by atoms with Crippen LogP contribution < -0.4 is 4.74 Å². The smallest absolute Gasteiger partial charge is 0.126 e. The van der Waals surface area contributed by atoms with Crippen molar-refractivity contribution < 1.29 is 13.9 Å². The van der Waals surface area contributed by atoms with E-state index in [-0.39, 0.29) is 5.82 Å². The summed E-state index contributed by atoms with van der Waals surface area (Å²) in [6, 6.07) is 4.34. The van der Waals surface area contributed by atoms with Gasteiger partial charge >= 0.3 is 0 Å². The molecule has 3 heteroatoms. The van der Waals surface area contributed by atoms with Gasteiger partial charge in [0, 0.05) is 12.5 Å². The Balaban J connectivity index is 2.64. The highest BCUT2D eigenvalue weighted by atomic mass is 19.1. The van der Waals surface area contributed by atoms with Crippen molar-refractivity contribution in [2.24, 2.45) is 0 Å². The second-order valence-electron chi connectivity index (χ2n) is 2.71. The summed E-state index contributed by atoms with van der Waals surface area (Å²) in [5.41, 5.74) is 0.868.